The Labute approximate surface area is 97.8 Å². The molecule has 0 saturated carbocycles. The van der Waals surface area contributed by atoms with Gasteiger partial charge in [0, 0.05) is 5.02 Å². The van der Waals surface area contributed by atoms with Gasteiger partial charge in [-0.15, -0.1) is 0 Å². The van der Waals surface area contributed by atoms with Crippen LogP contribution in [0.25, 0.3) is 0 Å². The van der Waals surface area contributed by atoms with Gasteiger partial charge in [0.1, 0.15) is 5.82 Å². The van der Waals surface area contributed by atoms with Crippen molar-refractivity contribution >= 4 is 17.6 Å². The Balaban J connectivity index is 2.72. The number of aliphatic hydroxyl groups is 1. The Morgan fingerprint density at radius 3 is 2.88 bits per heavy atom. The van der Waals surface area contributed by atoms with Crippen LogP contribution in [0.5, 0.6) is 0 Å². The Morgan fingerprint density at radius 1 is 1.62 bits per heavy atom. The number of esters is 1. The number of halogens is 2. The highest BCUT2D eigenvalue weighted by Crippen LogP contribution is 2.26. The fourth-order valence-electron chi connectivity index (χ4n) is 1.26. The van der Waals surface area contributed by atoms with E-state index in [-0.39, 0.29) is 18.1 Å². The van der Waals surface area contributed by atoms with Gasteiger partial charge in [0.2, 0.25) is 0 Å². The lowest BCUT2D eigenvalue weighted by molar-refractivity contribution is -0.145. The molecule has 5 heteroatoms. The predicted molar refractivity (Wildman–Crippen MR) is 57.6 cm³/mol. The molecule has 1 aromatic carbocycles. The first kappa shape index (κ1) is 12.9. The SMILES string of the molecule is CCOC(=O)CC(O)c1ccc(F)cc1Cl. The molecule has 1 rings (SSSR count). The first-order valence-electron chi connectivity index (χ1n) is 4.83. The normalized spacial score (nSPS) is 12.2. The van der Waals surface area contributed by atoms with Crippen LogP contribution in [0.4, 0.5) is 4.39 Å². The smallest absolute Gasteiger partial charge is 0.308 e. The molecular formula is C11H12ClFO3. The Hall–Kier alpha value is -1.13. The summed E-state index contributed by atoms with van der Waals surface area (Å²) >= 11 is 5.73. The molecule has 0 aliphatic heterocycles. The number of hydrogen-bond acceptors (Lipinski definition) is 3. The fraction of sp³-hybridized carbons (Fsp3) is 0.364. The average molecular weight is 247 g/mol. The summed E-state index contributed by atoms with van der Waals surface area (Å²) in [5.74, 6) is -1.01. The number of aliphatic hydroxyl groups excluding tert-OH is 1. The summed E-state index contributed by atoms with van der Waals surface area (Å²) < 4.78 is 17.4. The second kappa shape index (κ2) is 5.82. The van der Waals surface area contributed by atoms with Crippen molar-refractivity contribution in [1.29, 1.82) is 0 Å². The molecule has 1 unspecified atom stereocenters. The summed E-state index contributed by atoms with van der Waals surface area (Å²) in [5.41, 5.74) is 0.316. The maximum atomic E-state index is 12.7. The van der Waals surface area contributed by atoms with Crippen molar-refractivity contribution in [3.05, 3.63) is 34.6 Å². The van der Waals surface area contributed by atoms with Crippen LogP contribution < -0.4 is 0 Å². The number of carbonyl (C=O) groups is 1. The third kappa shape index (κ3) is 3.47. The summed E-state index contributed by atoms with van der Waals surface area (Å²) in [4.78, 5) is 11.1. The lowest BCUT2D eigenvalue weighted by Crippen LogP contribution is -2.10. The largest absolute Gasteiger partial charge is 0.466 e. The van der Waals surface area contributed by atoms with Gasteiger partial charge < -0.3 is 9.84 Å². The zero-order valence-corrected chi connectivity index (χ0v) is 9.50. The minimum Gasteiger partial charge on any atom is -0.466 e. The number of hydrogen-bond donors (Lipinski definition) is 1. The first-order valence-corrected chi connectivity index (χ1v) is 5.21. The summed E-state index contributed by atoms with van der Waals surface area (Å²) in [6, 6.07) is 3.61. The van der Waals surface area contributed by atoms with Gasteiger partial charge in [0.05, 0.1) is 19.1 Å². The van der Waals surface area contributed by atoms with E-state index in [0.717, 1.165) is 6.07 Å². The predicted octanol–water partition coefficient (Wildman–Crippen LogP) is 2.47. The van der Waals surface area contributed by atoms with Crippen LogP contribution in [0.2, 0.25) is 5.02 Å². The van der Waals surface area contributed by atoms with Crippen molar-refractivity contribution in [2.24, 2.45) is 0 Å². The maximum absolute atomic E-state index is 12.7. The molecule has 1 N–H and O–H groups in total. The van der Waals surface area contributed by atoms with E-state index in [1.54, 1.807) is 6.92 Å². The molecule has 3 nitrogen and oxygen atoms in total. The molecule has 0 heterocycles. The minimum atomic E-state index is -1.08. The highest BCUT2D eigenvalue weighted by atomic mass is 35.5. The molecule has 16 heavy (non-hydrogen) atoms. The molecule has 0 bridgehead atoms. The third-order valence-electron chi connectivity index (χ3n) is 1.99. The van der Waals surface area contributed by atoms with Crippen molar-refractivity contribution < 1.29 is 19.0 Å². The van der Waals surface area contributed by atoms with Gasteiger partial charge in [-0.25, -0.2) is 4.39 Å². The Morgan fingerprint density at radius 2 is 2.31 bits per heavy atom. The van der Waals surface area contributed by atoms with Gasteiger partial charge in [-0.05, 0) is 24.6 Å². The van der Waals surface area contributed by atoms with Crippen LogP contribution in [0.15, 0.2) is 18.2 Å². The molecule has 1 atom stereocenters. The first-order chi connectivity index (χ1) is 7.54. The fourth-order valence-corrected chi connectivity index (χ4v) is 1.55. The van der Waals surface area contributed by atoms with Gasteiger partial charge in [-0.1, -0.05) is 17.7 Å². The molecule has 0 amide bonds. The van der Waals surface area contributed by atoms with Crippen LogP contribution in [-0.4, -0.2) is 17.7 Å². The summed E-state index contributed by atoms with van der Waals surface area (Å²) in [5, 5.41) is 9.78. The molecule has 0 radical (unpaired) electrons. The van der Waals surface area contributed by atoms with E-state index in [2.05, 4.69) is 4.74 Å². The van der Waals surface area contributed by atoms with Crippen LogP contribution in [0.1, 0.15) is 25.0 Å². The van der Waals surface area contributed by atoms with E-state index in [4.69, 9.17) is 11.6 Å². The van der Waals surface area contributed by atoms with E-state index in [1.807, 2.05) is 0 Å². The summed E-state index contributed by atoms with van der Waals surface area (Å²) in [6.45, 7) is 1.93. The highest BCUT2D eigenvalue weighted by Gasteiger charge is 2.16. The van der Waals surface area contributed by atoms with Crippen LogP contribution in [0.3, 0.4) is 0 Å². The van der Waals surface area contributed by atoms with E-state index >= 15 is 0 Å². The number of rotatable bonds is 4. The lowest BCUT2D eigenvalue weighted by Gasteiger charge is -2.11. The molecule has 0 aliphatic rings. The van der Waals surface area contributed by atoms with E-state index in [1.165, 1.54) is 12.1 Å². The summed E-state index contributed by atoms with van der Waals surface area (Å²) in [6.07, 6.45) is -1.27. The molecule has 0 aliphatic carbocycles. The zero-order valence-electron chi connectivity index (χ0n) is 8.74. The van der Waals surface area contributed by atoms with Crippen molar-refractivity contribution in [2.45, 2.75) is 19.4 Å². The van der Waals surface area contributed by atoms with Crippen LogP contribution in [0, 0.1) is 5.82 Å². The topological polar surface area (TPSA) is 46.5 Å². The molecule has 0 fully saturated rings. The van der Waals surface area contributed by atoms with E-state index in [9.17, 15) is 14.3 Å². The molecule has 0 aromatic heterocycles. The van der Waals surface area contributed by atoms with Crippen molar-refractivity contribution in [3.8, 4) is 0 Å². The molecule has 1 aromatic rings. The second-order valence-corrected chi connectivity index (χ2v) is 3.60. The Kier molecular flexibility index (Phi) is 4.71. The monoisotopic (exact) mass is 246 g/mol. The van der Waals surface area contributed by atoms with Crippen LogP contribution >= 0.6 is 11.6 Å². The zero-order chi connectivity index (χ0) is 12.1. The van der Waals surface area contributed by atoms with Gasteiger partial charge in [-0.3, -0.25) is 4.79 Å². The van der Waals surface area contributed by atoms with E-state index < -0.39 is 17.9 Å². The van der Waals surface area contributed by atoms with E-state index in [0.29, 0.717) is 5.56 Å². The van der Waals surface area contributed by atoms with Crippen molar-refractivity contribution in [1.82, 2.24) is 0 Å². The molecular weight excluding hydrogens is 235 g/mol. The van der Waals surface area contributed by atoms with Crippen molar-refractivity contribution in [3.63, 3.8) is 0 Å². The number of carbonyl (C=O) groups excluding carboxylic acids is 1. The molecule has 0 spiro atoms. The summed E-state index contributed by atoms with van der Waals surface area (Å²) in [7, 11) is 0. The van der Waals surface area contributed by atoms with Crippen LogP contribution in [-0.2, 0) is 9.53 Å². The quantitative estimate of drug-likeness (QED) is 0.831. The number of ether oxygens (including phenoxy) is 1. The van der Waals surface area contributed by atoms with Gasteiger partial charge in [0.25, 0.3) is 0 Å². The molecule has 88 valence electrons. The minimum absolute atomic E-state index is 0.0943. The van der Waals surface area contributed by atoms with Gasteiger partial charge >= 0.3 is 5.97 Å². The van der Waals surface area contributed by atoms with Gasteiger partial charge in [-0.2, -0.15) is 0 Å². The standard InChI is InChI=1S/C11H12ClFO3/c1-2-16-11(15)6-10(14)8-4-3-7(13)5-9(8)12/h3-5,10,14H,2,6H2,1H3. The van der Waals surface area contributed by atoms with Gasteiger partial charge in [0.15, 0.2) is 0 Å². The average Bonchev–Trinajstić information content (AvgIpc) is 2.17. The highest BCUT2D eigenvalue weighted by molar-refractivity contribution is 6.31. The second-order valence-electron chi connectivity index (χ2n) is 3.19. The lowest BCUT2D eigenvalue weighted by atomic mass is 10.1. The Bertz CT molecular complexity index is 381. The third-order valence-corrected chi connectivity index (χ3v) is 2.31. The number of benzene rings is 1. The van der Waals surface area contributed by atoms with Crippen molar-refractivity contribution in [2.75, 3.05) is 6.61 Å². The maximum Gasteiger partial charge on any atom is 0.308 e. The molecule has 0 saturated heterocycles.